The highest BCUT2D eigenvalue weighted by atomic mass is 35.5. The van der Waals surface area contributed by atoms with E-state index in [-0.39, 0.29) is 24.9 Å². The molecule has 0 aliphatic rings. The zero-order valence-corrected chi connectivity index (χ0v) is 19.9. The highest BCUT2D eigenvalue weighted by molar-refractivity contribution is 7.19. The number of anilines is 1. The van der Waals surface area contributed by atoms with E-state index in [0.717, 1.165) is 21.8 Å². The number of methoxy groups -OCH3 is 3. The Morgan fingerprint density at radius 1 is 1.03 bits per heavy atom. The molecule has 0 saturated heterocycles. The van der Waals surface area contributed by atoms with Gasteiger partial charge in [-0.1, -0.05) is 11.3 Å². The molecule has 3 aromatic rings. The van der Waals surface area contributed by atoms with Gasteiger partial charge in [-0.15, -0.1) is 12.4 Å². The maximum Gasteiger partial charge on any atom is 0.239 e. The van der Waals surface area contributed by atoms with Gasteiger partial charge in [-0.25, -0.2) is 4.98 Å². The summed E-state index contributed by atoms with van der Waals surface area (Å²) in [6.45, 7) is 2.39. The summed E-state index contributed by atoms with van der Waals surface area (Å²) in [5, 5.41) is 3.18. The van der Waals surface area contributed by atoms with Gasteiger partial charge in [0.15, 0.2) is 16.6 Å². The van der Waals surface area contributed by atoms with Gasteiger partial charge in [-0.3, -0.25) is 4.79 Å². The molecule has 0 unspecified atom stereocenters. The lowest BCUT2D eigenvalue weighted by molar-refractivity contribution is -0.114. The number of hydrogen-bond acceptors (Lipinski definition) is 8. The van der Waals surface area contributed by atoms with Crippen LogP contribution in [0.4, 0.5) is 5.13 Å². The van der Waals surface area contributed by atoms with Crippen molar-refractivity contribution in [3.05, 3.63) is 36.4 Å². The summed E-state index contributed by atoms with van der Waals surface area (Å²) in [6, 6.07) is 11.3. The fraction of sp³-hybridized carbons (Fsp3) is 0.273. The molecule has 1 amide bonds. The minimum Gasteiger partial charge on any atom is -0.494 e. The zero-order valence-electron chi connectivity index (χ0n) is 18.3. The summed E-state index contributed by atoms with van der Waals surface area (Å²) in [5.74, 6) is 2.00. The van der Waals surface area contributed by atoms with Crippen LogP contribution in [-0.4, -0.2) is 45.4 Å². The van der Waals surface area contributed by atoms with E-state index in [1.807, 2.05) is 43.3 Å². The smallest absolute Gasteiger partial charge is 0.239 e. The lowest BCUT2D eigenvalue weighted by atomic mass is 10.1. The Kier molecular flexibility index (Phi) is 9.13. The Balaban J connectivity index is 0.00000363. The molecule has 0 aliphatic heterocycles. The van der Waals surface area contributed by atoms with Crippen LogP contribution in [0.15, 0.2) is 36.4 Å². The molecule has 0 atom stereocenters. The van der Waals surface area contributed by atoms with E-state index in [0.29, 0.717) is 34.7 Å². The molecule has 1 aromatic heterocycles. The van der Waals surface area contributed by atoms with Crippen molar-refractivity contribution in [2.24, 2.45) is 5.73 Å². The van der Waals surface area contributed by atoms with Crippen LogP contribution >= 0.6 is 23.7 Å². The van der Waals surface area contributed by atoms with E-state index < -0.39 is 0 Å². The molecule has 0 fully saturated rings. The van der Waals surface area contributed by atoms with E-state index in [1.54, 1.807) is 21.3 Å². The fourth-order valence-electron chi connectivity index (χ4n) is 3.02. The second-order valence-electron chi connectivity index (χ2n) is 6.32. The third-order valence-corrected chi connectivity index (χ3v) is 5.44. The Morgan fingerprint density at radius 2 is 1.66 bits per heavy atom. The summed E-state index contributed by atoms with van der Waals surface area (Å²) >= 11 is 1.34. The SMILES string of the molecule is CCOc1ccc(-c2nc(NC(=O)CN)sc2-c2cc(OC)c(OC)c(OC)c2)cc1.Cl. The quantitative estimate of drug-likeness (QED) is 0.473. The van der Waals surface area contributed by atoms with Gasteiger partial charge in [0.05, 0.1) is 45.1 Å². The van der Waals surface area contributed by atoms with Gasteiger partial charge in [0.25, 0.3) is 0 Å². The van der Waals surface area contributed by atoms with Crippen LogP contribution in [0.2, 0.25) is 0 Å². The molecule has 32 heavy (non-hydrogen) atoms. The van der Waals surface area contributed by atoms with Gasteiger partial charge in [-0.2, -0.15) is 0 Å². The lowest BCUT2D eigenvalue weighted by Gasteiger charge is -2.14. The standard InChI is InChI=1S/C22H25N3O5S.ClH/c1-5-30-15-8-6-13(7-9-15)19-21(31-22(25-19)24-18(26)12-23)14-10-16(27-2)20(29-4)17(11-14)28-3;/h6-11H,5,12,23H2,1-4H3,(H,24,25,26);1H. The first-order chi connectivity index (χ1) is 15.0. The molecule has 1 heterocycles. The first-order valence-corrected chi connectivity index (χ1v) is 10.4. The number of carbonyl (C=O) groups excluding carboxylic acids is 1. The van der Waals surface area contributed by atoms with Crippen LogP contribution in [0.5, 0.6) is 23.0 Å². The predicted octanol–water partition coefficient (Wildman–Crippen LogP) is 4.22. The van der Waals surface area contributed by atoms with Crippen LogP contribution in [0.25, 0.3) is 21.7 Å². The fourth-order valence-corrected chi connectivity index (χ4v) is 4.01. The number of thiazole rings is 1. The molecule has 10 heteroatoms. The molecule has 172 valence electrons. The molecular weight excluding hydrogens is 454 g/mol. The molecular formula is C22H26ClN3O5S. The average Bonchev–Trinajstić information content (AvgIpc) is 3.22. The van der Waals surface area contributed by atoms with Crippen molar-refractivity contribution in [2.45, 2.75) is 6.92 Å². The van der Waals surface area contributed by atoms with Crippen molar-refractivity contribution in [1.29, 1.82) is 0 Å². The Bertz CT molecular complexity index is 1030. The van der Waals surface area contributed by atoms with Crippen molar-refractivity contribution in [3.63, 3.8) is 0 Å². The topological polar surface area (TPSA) is 105 Å². The third-order valence-electron chi connectivity index (χ3n) is 4.42. The normalized spacial score (nSPS) is 10.2. The van der Waals surface area contributed by atoms with Crippen LogP contribution in [0.1, 0.15) is 6.92 Å². The average molecular weight is 480 g/mol. The first-order valence-electron chi connectivity index (χ1n) is 9.58. The maximum atomic E-state index is 11.8. The van der Waals surface area contributed by atoms with Crippen molar-refractivity contribution in [2.75, 3.05) is 39.8 Å². The minimum atomic E-state index is -0.316. The van der Waals surface area contributed by atoms with E-state index >= 15 is 0 Å². The molecule has 8 nitrogen and oxygen atoms in total. The number of nitrogens with one attached hydrogen (secondary N) is 1. The molecule has 3 N–H and O–H groups in total. The second kappa shape index (κ2) is 11.6. The van der Waals surface area contributed by atoms with Gasteiger partial charge >= 0.3 is 0 Å². The number of hydrogen-bond donors (Lipinski definition) is 2. The van der Waals surface area contributed by atoms with Crippen LogP contribution in [0.3, 0.4) is 0 Å². The summed E-state index contributed by atoms with van der Waals surface area (Å²) < 4.78 is 21.9. The van der Waals surface area contributed by atoms with E-state index in [2.05, 4.69) is 10.3 Å². The zero-order chi connectivity index (χ0) is 22.4. The highest BCUT2D eigenvalue weighted by Crippen LogP contribution is 2.46. The van der Waals surface area contributed by atoms with Gasteiger partial charge in [0, 0.05) is 11.1 Å². The van der Waals surface area contributed by atoms with Gasteiger partial charge in [0.1, 0.15) is 5.75 Å². The lowest BCUT2D eigenvalue weighted by Crippen LogP contribution is -2.21. The van der Waals surface area contributed by atoms with E-state index in [1.165, 1.54) is 11.3 Å². The van der Waals surface area contributed by atoms with Crippen LogP contribution < -0.4 is 30.0 Å². The number of benzene rings is 2. The molecule has 0 spiro atoms. The Hall–Kier alpha value is -3.01. The van der Waals surface area contributed by atoms with E-state index in [9.17, 15) is 4.79 Å². The third kappa shape index (κ3) is 5.42. The molecule has 2 aromatic carbocycles. The number of rotatable bonds is 9. The van der Waals surface area contributed by atoms with Gasteiger partial charge in [0.2, 0.25) is 11.7 Å². The molecule has 3 rings (SSSR count). The Labute approximate surface area is 197 Å². The predicted molar refractivity (Wildman–Crippen MR) is 129 cm³/mol. The number of amides is 1. The summed E-state index contributed by atoms with van der Waals surface area (Å²) in [7, 11) is 4.68. The summed E-state index contributed by atoms with van der Waals surface area (Å²) in [5.41, 5.74) is 7.83. The number of ether oxygens (including phenoxy) is 4. The van der Waals surface area contributed by atoms with E-state index in [4.69, 9.17) is 24.7 Å². The summed E-state index contributed by atoms with van der Waals surface area (Å²) in [4.78, 5) is 17.3. The maximum absolute atomic E-state index is 11.8. The first kappa shape index (κ1) is 25.3. The minimum absolute atomic E-state index is 0. The number of nitrogens with zero attached hydrogens (tertiary/aromatic N) is 1. The molecule has 0 aliphatic carbocycles. The number of aromatic nitrogens is 1. The second-order valence-corrected chi connectivity index (χ2v) is 7.32. The number of nitrogens with two attached hydrogens (primary N) is 1. The largest absolute Gasteiger partial charge is 0.494 e. The monoisotopic (exact) mass is 479 g/mol. The van der Waals surface area contributed by atoms with Crippen LogP contribution in [0, 0.1) is 0 Å². The number of halogens is 1. The van der Waals surface area contributed by atoms with Crippen molar-refractivity contribution in [1.82, 2.24) is 4.98 Å². The van der Waals surface area contributed by atoms with Crippen molar-refractivity contribution >= 4 is 34.8 Å². The molecule has 0 radical (unpaired) electrons. The molecule has 0 saturated carbocycles. The van der Waals surface area contributed by atoms with Gasteiger partial charge < -0.3 is 30.0 Å². The highest BCUT2D eigenvalue weighted by Gasteiger charge is 2.20. The molecule has 0 bridgehead atoms. The van der Waals surface area contributed by atoms with Crippen molar-refractivity contribution < 1.29 is 23.7 Å². The summed E-state index contributed by atoms with van der Waals surface area (Å²) in [6.07, 6.45) is 0. The Morgan fingerprint density at radius 3 is 2.16 bits per heavy atom. The number of carbonyl (C=O) groups is 1. The van der Waals surface area contributed by atoms with Crippen molar-refractivity contribution in [3.8, 4) is 44.7 Å². The van der Waals surface area contributed by atoms with Crippen LogP contribution in [-0.2, 0) is 4.79 Å². The van der Waals surface area contributed by atoms with Gasteiger partial charge in [-0.05, 0) is 43.3 Å².